The molecule has 0 bridgehead atoms. The van der Waals surface area contributed by atoms with Crippen molar-refractivity contribution in [1.82, 2.24) is 5.32 Å². The van der Waals surface area contributed by atoms with E-state index in [0.717, 1.165) is 65.0 Å². The van der Waals surface area contributed by atoms with E-state index in [-0.39, 0.29) is 42.8 Å². The van der Waals surface area contributed by atoms with Crippen LogP contribution in [0.3, 0.4) is 0 Å². The number of nitrogens with two attached hydrogens (primary N) is 2. The van der Waals surface area contributed by atoms with Gasteiger partial charge in [0.15, 0.2) is 0 Å². The van der Waals surface area contributed by atoms with Crippen molar-refractivity contribution in [3.63, 3.8) is 0 Å². The summed E-state index contributed by atoms with van der Waals surface area (Å²) in [5, 5.41) is 21.7. The maximum atomic E-state index is 11.8. The number of carboxylic acids is 1. The average Bonchev–Trinajstić information content (AvgIpc) is 2.96. The molecule has 0 saturated heterocycles. The number of hydrogen-bond acceptors (Lipinski definition) is 5. The number of carboxylic acid groups (broad SMARTS) is 1. The topological polar surface area (TPSA) is 204 Å². The number of aliphatic hydroxyl groups excluding tert-OH is 1. The second-order valence-corrected chi connectivity index (χ2v) is 17.0. The van der Waals surface area contributed by atoms with Crippen LogP contribution in [0.4, 0.5) is 0 Å². The summed E-state index contributed by atoms with van der Waals surface area (Å²) in [5.74, 6) is 2.50. The minimum Gasteiger partial charge on any atom is -0.693 e. The maximum absolute atomic E-state index is 11.8. The van der Waals surface area contributed by atoms with E-state index in [0.29, 0.717) is 5.75 Å². The zero-order chi connectivity index (χ0) is 34.2. The number of amides is 1. The van der Waals surface area contributed by atoms with Gasteiger partial charge in [0.25, 0.3) is 0 Å². The third-order valence-electron chi connectivity index (χ3n) is 9.13. The van der Waals surface area contributed by atoms with E-state index in [1.54, 1.807) is 0 Å². The quantitative estimate of drug-likeness (QED) is 0.115. The molecule has 13 heteroatoms. The number of ether oxygens (including phenoxy) is 2. The Morgan fingerprint density at radius 1 is 0.917 bits per heavy atom. The molecule has 286 valence electrons. The molecule has 10 nitrogen and oxygen atoms in total. The Bertz CT molecular complexity index is 1070. The van der Waals surface area contributed by atoms with Gasteiger partial charge in [-0.05, 0) is 87.8 Å². The van der Waals surface area contributed by atoms with Crippen molar-refractivity contribution in [2.45, 2.75) is 151 Å². The molecule has 0 radical (unpaired) electrons. The predicted molar refractivity (Wildman–Crippen MR) is 195 cm³/mol. The van der Waals surface area contributed by atoms with Crippen molar-refractivity contribution in [2.24, 2.45) is 17.8 Å². The zero-order valence-electron chi connectivity index (χ0n) is 30.5. The second-order valence-electron chi connectivity index (χ2n) is 13.7. The van der Waals surface area contributed by atoms with Crippen LogP contribution >= 0.6 is 18.8 Å². The van der Waals surface area contributed by atoms with Crippen LogP contribution in [0.5, 0.6) is 11.5 Å². The van der Waals surface area contributed by atoms with Gasteiger partial charge >= 0.3 is 41.3 Å². The molecular weight excluding hydrogens is 840 g/mol. The largest absolute Gasteiger partial charge is 0.693 e. The summed E-state index contributed by atoms with van der Waals surface area (Å²) in [4.78, 5) is 22.5. The Morgan fingerprint density at radius 2 is 1.44 bits per heavy atom. The molecule has 1 aliphatic heterocycles. The third kappa shape index (κ3) is 19.3. The fraction of sp³-hybridized carbons (Fsp3) is 0.771. The number of benzene rings is 1. The van der Waals surface area contributed by atoms with Crippen molar-refractivity contribution in [3.05, 3.63) is 34.6 Å². The fourth-order valence-electron chi connectivity index (χ4n) is 6.12. The van der Waals surface area contributed by atoms with Crippen LogP contribution < -0.4 is 14.8 Å². The number of nitrogens with one attached hydrogen (secondary N) is 1. The van der Waals surface area contributed by atoms with Crippen LogP contribution in [0.25, 0.3) is 12.3 Å². The monoisotopic (exact) mass is 904 g/mol. The van der Waals surface area contributed by atoms with Crippen molar-refractivity contribution >= 4 is 30.7 Å². The molecule has 1 heterocycles. The van der Waals surface area contributed by atoms with E-state index < -0.39 is 34.6 Å². The van der Waals surface area contributed by atoms with Gasteiger partial charge in [-0.1, -0.05) is 72.6 Å². The molecule has 1 aliphatic rings. The summed E-state index contributed by atoms with van der Waals surface area (Å²) in [6.07, 6.45) is 11.7. The zero-order valence-corrected chi connectivity index (χ0v) is 34.2. The Kier molecular flexibility index (Phi) is 28.4. The number of carbonyl (C=O) groups is 2. The van der Waals surface area contributed by atoms with Gasteiger partial charge in [-0.15, -0.1) is 0 Å². The molecular formula is C35H65Cl2N3O7Pt. The van der Waals surface area contributed by atoms with E-state index in [9.17, 15) is 14.7 Å². The van der Waals surface area contributed by atoms with Gasteiger partial charge < -0.3 is 42.8 Å². The molecule has 0 saturated carbocycles. The van der Waals surface area contributed by atoms with Crippen molar-refractivity contribution in [3.8, 4) is 11.5 Å². The number of halogens is 2. The SMILES string of the molecule is Cc1c(C)c2c(c(C)c1OC(O)CNC(=O)CCC(=O)O)CC[C@@](C)(CCC[C@H](C)CCC[C@H](C)CCCC(C)C)O2.O.[Cl][Pt+2][Cl].[NH2-].[NH2-]. The van der Waals surface area contributed by atoms with Crippen molar-refractivity contribution < 1.29 is 51.2 Å². The van der Waals surface area contributed by atoms with Crippen molar-refractivity contribution in [2.75, 3.05) is 6.54 Å². The first-order chi connectivity index (χ1) is 21.1. The molecule has 0 aliphatic carbocycles. The maximum Gasteiger partial charge on any atom is -0.693 e. The van der Waals surface area contributed by atoms with Gasteiger partial charge in [0.1, 0.15) is 17.1 Å². The first kappa shape index (κ1) is 51.2. The summed E-state index contributed by atoms with van der Waals surface area (Å²) in [5.41, 5.74) is 3.82. The van der Waals surface area contributed by atoms with E-state index >= 15 is 0 Å². The van der Waals surface area contributed by atoms with Crippen LogP contribution in [-0.4, -0.2) is 46.0 Å². The van der Waals surface area contributed by atoms with Crippen LogP contribution in [0.1, 0.15) is 134 Å². The number of fused-ring (bicyclic) bond motifs is 1. The number of carbonyl (C=O) groups excluding carboxylic acids is 1. The minimum absolute atomic E-state index is 0. The summed E-state index contributed by atoms with van der Waals surface area (Å²) in [6.45, 7) is 17.6. The first-order valence-corrected chi connectivity index (χ1v) is 22.2. The molecule has 0 spiro atoms. The first-order valence-electron chi connectivity index (χ1n) is 16.6. The normalized spacial score (nSPS) is 16.8. The van der Waals surface area contributed by atoms with Crippen LogP contribution in [-0.2, 0) is 32.5 Å². The predicted octanol–water partition coefficient (Wildman–Crippen LogP) is 9.80. The second kappa shape index (κ2) is 26.6. The van der Waals surface area contributed by atoms with Gasteiger partial charge in [0.05, 0.1) is 13.0 Å². The molecule has 2 rings (SSSR count). The number of hydrogen-bond donors (Lipinski definition) is 3. The number of rotatable bonds is 19. The molecule has 1 aromatic carbocycles. The average molecular weight is 906 g/mol. The standard InChI is InChI=1S/C35H59NO6.2ClH.2H2N.H2O.Pt/c1-23(2)12-9-13-24(3)14-10-15-25(4)16-11-20-35(8)21-19-29-28(7)33(26(5)27(6)34(29)42-35)41-32(40)22-36-30(37)17-18-31(38)39;;;;;;/h23-25,32,40H,9-22H2,1-8H3,(H,36,37)(H,38,39);2*1H;3*1H2;/q;;;2*-1;;+4/p-2/t24-,25-,32?,35-;;;;;;/m1....../s1. The van der Waals surface area contributed by atoms with Crippen LogP contribution in [0, 0.1) is 38.5 Å². The number of aliphatic hydroxyl groups is 1. The van der Waals surface area contributed by atoms with Gasteiger partial charge in [-0.25, -0.2) is 0 Å². The summed E-state index contributed by atoms with van der Waals surface area (Å²) in [7, 11) is 9.75. The molecule has 1 aromatic rings. The smallest absolute Gasteiger partial charge is 0.693 e. The van der Waals surface area contributed by atoms with Crippen LogP contribution in [0.2, 0.25) is 0 Å². The third-order valence-corrected chi connectivity index (χ3v) is 9.13. The Labute approximate surface area is 307 Å². The summed E-state index contributed by atoms with van der Waals surface area (Å²) in [6, 6.07) is 0. The molecule has 4 atom stereocenters. The summed E-state index contributed by atoms with van der Waals surface area (Å²) >= 11 is -0.472. The molecule has 0 fully saturated rings. The van der Waals surface area contributed by atoms with E-state index in [1.165, 1.54) is 51.4 Å². The minimum atomic E-state index is -1.24. The number of aliphatic carboxylic acids is 1. The van der Waals surface area contributed by atoms with E-state index in [1.807, 2.05) is 20.8 Å². The molecule has 48 heavy (non-hydrogen) atoms. The van der Waals surface area contributed by atoms with E-state index in [4.69, 9.17) is 33.4 Å². The molecule has 0 aromatic heterocycles. The van der Waals surface area contributed by atoms with Gasteiger partial charge in [0.2, 0.25) is 12.2 Å². The molecule has 1 amide bonds. The van der Waals surface area contributed by atoms with Crippen LogP contribution in [0.15, 0.2) is 0 Å². The molecule has 9 N–H and O–H groups in total. The fourth-order valence-corrected chi connectivity index (χ4v) is 6.12. The van der Waals surface area contributed by atoms with Gasteiger partial charge in [0, 0.05) is 12.0 Å². The Hall–Kier alpha value is -1.13. The Balaban J connectivity index is -0.00000324. The molecule has 1 unspecified atom stereocenters. The van der Waals surface area contributed by atoms with E-state index in [2.05, 4.69) is 39.9 Å². The van der Waals surface area contributed by atoms with Gasteiger partial charge in [-0.2, -0.15) is 0 Å². The summed E-state index contributed by atoms with van der Waals surface area (Å²) < 4.78 is 12.6. The Morgan fingerprint density at radius 3 is 1.96 bits per heavy atom. The van der Waals surface area contributed by atoms with Crippen molar-refractivity contribution in [1.29, 1.82) is 0 Å². The van der Waals surface area contributed by atoms with Gasteiger partial charge in [-0.3, -0.25) is 9.59 Å².